The molecule has 0 aliphatic carbocycles. The summed E-state index contributed by atoms with van der Waals surface area (Å²) in [6.45, 7) is 1.96. The van der Waals surface area contributed by atoms with Crippen LogP contribution in [0.5, 0.6) is 0 Å². The number of nitrogens with zero attached hydrogens (tertiary/aromatic N) is 1. The van der Waals surface area contributed by atoms with Crippen LogP contribution in [-0.2, 0) is 4.74 Å². The molecule has 0 saturated carbocycles. The second-order valence-electron chi connectivity index (χ2n) is 4.29. The maximum absolute atomic E-state index is 12.2. The van der Waals surface area contributed by atoms with E-state index in [1.165, 1.54) is 0 Å². The van der Waals surface area contributed by atoms with Crippen molar-refractivity contribution in [2.45, 2.75) is 6.42 Å². The number of carbonyl (C=O) groups is 1. The van der Waals surface area contributed by atoms with E-state index in [0.29, 0.717) is 25.3 Å². The Bertz CT molecular complexity index is 569. The van der Waals surface area contributed by atoms with Gasteiger partial charge in [0.15, 0.2) is 0 Å². The largest absolute Gasteiger partial charge is 0.381 e. The first-order chi connectivity index (χ1) is 9.83. The first kappa shape index (κ1) is 14.9. The standard InChI is InChI=1S/C15H17BrN2O2/c16-7-11-20-10-3-8-18-15(19)13-6-9-17-14-5-2-1-4-12(13)14/h1-2,4-6,9H,3,7-8,10-11H2,(H,18,19). The lowest BCUT2D eigenvalue weighted by Crippen LogP contribution is -2.25. The van der Waals surface area contributed by atoms with Gasteiger partial charge in [-0.25, -0.2) is 0 Å². The number of fused-ring (bicyclic) bond motifs is 1. The van der Waals surface area contributed by atoms with E-state index in [0.717, 1.165) is 22.7 Å². The van der Waals surface area contributed by atoms with E-state index in [4.69, 9.17) is 4.74 Å². The van der Waals surface area contributed by atoms with E-state index < -0.39 is 0 Å². The highest BCUT2D eigenvalue weighted by atomic mass is 79.9. The van der Waals surface area contributed by atoms with Gasteiger partial charge in [-0.3, -0.25) is 9.78 Å². The van der Waals surface area contributed by atoms with Crippen molar-refractivity contribution in [3.8, 4) is 0 Å². The maximum Gasteiger partial charge on any atom is 0.252 e. The minimum absolute atomic E-state index is 0.0657. The van der Waals surface area contributed by atoms with Crippen LogP contribution in [0.15, 0.2) is 36.5 Å². The fraction of sp³-hybridized carbons (Fsp3) is 0.333. The molecule has 0 aliphatic heterocycles. The van der Waals surface area contributed by atoms with Crippen LogP contribution in [0.25, 0.3) is 10.9 Å². The SMILES string of the molecule is O=C(NCCCOCCBr)c1ccnc2ccccc12. The maximum atomic E-state index is 12.2. The molecular weight excluding hydrogens is 320 g/mol. The third-order valence-electron chi connectivity index (χ3n) is 2.87. The van der Waals surface area contributed by atoms with Crippen molar-refractivity contribution in [2.24, 2.45) is 0 Å². The molecule has 0 saturated heterocycles. The molecule has 2 rings (SSSR count). The first-order valence-corrected chi connectivity index (χ1v) is 7.70. The van der Waals surface area contributed by atoms with E-state index in [2.05, 4.69) is 26.2 Å². The zero-order valence-electron chi connectivity index (χ0n) is 11.1. The van der Waals surface area contributed by atoms with Crippen molar-refractivity contribution in [1.29, 1.82) is 0 Å². The minimum atomic E-state index is -0.0657. The third kappa shape index (κ3) is 4.02. The Balaban J connectivity index is 1.91. The molecule has 0 fully saturated rings. The van der Waals surface area contributed by atoms with Crippen LogP contribution in [0, 0.1) is 0 Å². The summed E-state index contributed by atoms with van der Waals surface area (Å²) in [4.78, 5) is 16.4. The Labute approximate surface area is 126 Å². The number of benzene rings is 1. The highest BCUT2D eigenvalue weighted by Crippen LogP contribution is 2.15. The van der Waals surface area contributed by atoms with Gasteiger partial charge in [-0.1, -0.05) is 34.1 Å². The molecule has 0 atom stereocenters. The number of hydrogen-bond donors (Lipinski definition) is 1. The number of halogens is 1. The van der Waals surface area contributed by atoms with Gasteiger partial charge in [0.05, 0.1) is 17.7 Å². The van der Waals surface area contributed by atoms with E-state index in [1.54, 1.807) is 12.3 Å². The molecule has 2 aromatic rings. The average Bonchev–Trinajstić information content (AvgIpc) is 2.50. The van der Waals surface area contributed by atoms with E-state index in [-0.39, 0.29) is 5.91 Å². The molecule has 4 nitrogen and oxygen atoms in total. The lowest BCUT2D eigenvalue weighted by atomic mass is 10.1. The quantitative estimate of drug-likeness (QED) is 0.624. The molecular formula is C15H17BrN2O2. The number of alkyl halides is 1. The van der Waals surface area contributed by atoms with Gasteiger partial charge in [0, 0.05) is 30.1 Å². The Morgan fingerprint density at radius 1 is 1.25 bits per heavy atom. The number of amides is 1. The second kappa shape index (κ2) is 7.97. The zero-order chi connectivity index (χ0) is 14.2. The average molecular weight is 337 g/mol. The molecule has 5 heteroatoms. The van der Waals surface area contributed by atoms with Gasteiger partial charge >= 0.3 is 0 Å². The van der Waals surface area contributed by atoms with E-state index >= 15 is 0 Å². The molecule has 0 aliphatic rings. The number of rotatable bonds is 7. The number of ether oxygens (including phenoxy) is 1. The molecule has 0 radical (unpaired) electrons. The lowest BCUT2D eigenvalue weighted by Gasteiger charge is -2.07. The number of carbonyl (C=O) groups excluding carboxylic acids is 1. The Kier molecular flexibility index (Phi) is 5.95. The lowest BCUT2D eigenvalue weighted by molar-refractivity contribution is 0.0946. The van der Waals surface area contributed by atoms with Gasteiger partial charge < -0.3 is 10.1 Å². The molecule has 1 heterocycles. The van der Waals surface area contributed by atoms with Crippen molar-refractivity contribution < 1.29 is 9.53 Å². The van der Waals surface area contributed by atoms with Crippen LogP contribution in [0.3, 0.4) is 0 Å². The fourth-order valence-corrected chi connectivity index (χ4v) is 2.15. The predicted octanol–water partition coefficient (Wildman–Crippen LogP) is 2.77. The first-order valence-electron chi connectivity index (χ1n) is 6.58. The van der Waals surface area contributed by atoms with Gasteiger partial charge in [0.25, 0.3) is 5.91 Å². The molecule has 1 amide bonds. The third-order valence-corrected chi connectivity index (χ3v) is 3.19. The zero-order valence-corrected chi connectivity index (χ0v) is 12.7. The highest BCUT2D eigenvalue weighted by molar-refractivity contribution is 9.09. The van der Waals surface area contributed by atoms with Crippen molar-refractivity contribution in [2.75, 3.05) is 25.1 Å². The molecule has 0 unspecified atom stereocenters. The Morgan fingerprint density at radius 2 is 2.10 bits per heavy atom. The van der Waals surface area contributed by atoms with Crippen molar-refractivity contribution >= 4 is 32.7 Å². The van der Waals surface area contributed by atoms with Crippen molar-refractivity contribution in [3.05, 3.63) is 42.1 Å². The number of para-hydroxylation sites is 1. The summed E-state index contributed by atoms with van der Waals surface area (Å²) in [5.41, 5.74) is 1.50. The van der Waals surface area contributed by atoms with Gasteiger partial charge in [0.2, 0.25) is 0 Å². The van der Waals surface area contributed by atoms with E-state index in [9.17, 15) is 4.79 Å². The number of hydrogen-bond acceptors (Lipinski definition) is 3. The molecule has 106 valence electrons. The summed E-state index contributed by atoms with van der Waals surface area (Å²) in [6.07, 6.45) is 2.47. The summed E-state index contributed by atoms with van der Waals surface area (Å²) >= 11 is 3.29. The van der Waals surface area contributed by atoms with Gasteiger partial charge in [-0.05, 0) is 18.6 Å². The van der Waals surface area contributed by atoms with Crippen molar-refractivity contribution in [1.82, 2.24) is 10.3 Å². The van der Waals surface area contributed by atoms with Gasteiger partial charge in [-0.15, -0.1) is 0 Å². The van der Waals surface area contributed by atoms with Crippen LogP contribution in [-0.4, -0.2) is 36.0 Å². The summed E-state index contributed by atoms with van der Waals surface area (Å²) in [7, 11) is 0. The van der Waals surface area contributed by atoms with Crippen LogP contribution >= 0.6 is 15.9 Å². The second-order valence-corrected chi connectivity index (χ2v) is 5.08. The molecule has 1 N–H and O–H groups in total. The molecule has 0 spiro atoms. The summed E-state index contributed by atoms with van der Waals surface area (Å²) in [6, 6.07) is 9.39. The fourth-order valence-electron chi connectivity index (χ4n) is 1.92. The number of aromatic nitrogens is 1. The van der Waals surface area contributed by atoms with Crippen LogP contribution < -0.4 is 5.32 Å². The molecule has 1 aromatic heterocycles. The number of nitrogens with one attached hydrogen (secondary N) is 1. The smallest absolute Gasteiger partial charge is 0.252 e. The molecule has 20 heavy (non-hydrogen) atoms. The highest BCUT2D eigenvalue weighted by Gasteiger charge is 2.09. The Morgan fingerprint density at radius 3 is 2.95 bits per heavy atom. The van der Waals surface area contributed by atoms with Crippen LogP contribution in [0.2, 0.25) is 0 Å². The normalized spacial score (nSPS) is 10.7. The van der Waals surface area contributed by atoms with E-state index in [1.807, 2.05) is 24.3 Å². The summed E-state index contributed by atoms with van der Waals surface area (Å²) < 4.78 is 5.33. The molecule has 0 bridgehead atoms. The topological polar surface area (TPSA) is 51.2 Å². The number of pyridine rings is 1. The minimum Gasteiger partial charge on any atom is -0.381 e. The predicted molar refractivity (Wildman–Crippen MR) is 83.3 cm³/mol. The van der Waals surface area contributed by atoms with Gasteiger partial charge in [0.1, 0.15) is 0 Å². The summed E-state index contributed by atoms with van der Waals surface area (Å²) in [5, 5.41) is 4.62. The monoisotopic (exact) mass is 336 g/mol. The summed E-state index contributed by atoms with van der Waals surface area (Å²) in [5.74, 6) is -0.0657. The van der Waals surface area contributed by atoms with Crippen LogP contribution in [0.1, 0.15) is 16.8 Å². The van der Waals surface area contributed by atoms with Crippen LogP contribution in [0.4, 0.5) is 0 Å². The Hall–Kier alpha value is -1.46. The van der Waals surface area contributed by atoms with Gasteiger partial charge in [-0.2, -0.15) is 0 Å². The van der Waals surface area contributed by atoms with Crippen molar-refractivity contribution in [3.63, 3.8) is 0 Å². The molecule has 1 aromatic carbocycles.